The Balaban J connectivity index is 0. The summed E-state index contributed by atoms with van der Waals surface area (Å²) in [6.07, 6.45) is 0.245. The first kappa shape index (κ1) is 14.0. The summed E-state index contributed by atoms with van der Waals surface area (Å²) >= 11 is 0. The molecule has 1 fully saturated rings. The Kier molecular flexibility index (Phi) is 7.68. The fourth-order valence-electron chi connectivity index (χ4n) is 1.24. The SMILES string of the molecule is CO[C@H]1CN(C)C[C@@H]1N.Cl.Cl. The molecule has 0 bridgehead atoms. The van der Waals surface area contributed by atoms with Gasteiger partial charge in [-0.3, -0.25) is 0 Å². The van der Waals surface area contributed by atoms with Crippen LogP contribution >= 0.6 is 24.8 Å². The Hall–Kier alpha value is 0.460. The largest absolute Gasteiger partial charge is 0.378 e. The lowest BCUT2D eigenvalue weighted by Gasteiger charge is -2.10. The number of rotatable bonds is 1. The van der Waals surface area contributed by atoms with E-state index in [2.05, 4.69) is 11.9 Å². The van der Waals surface area contributed by atoms with Gasteiger partial charge in [0, 0.05) is 26.2 Å². The monoisotopic (exact) mass is 202 g/mol. The molecule has 0 radical (unpaired) electrons. The standard InChI is InChI=1S/C6H14N2O.2ClH/c1-8-3-5(7)6(4-8)9-2;;/h5-6H,3-4,7H2,1-2H3;2*1H/t5-,6-;;/m0../s1. The van der Waals surface area contributed by atoms with Crippen molar-refractivity contribution in [3.63, 3.8) is 0 Å². The predicted molar refractivity (Wildman–Crippen MR) is 50.8 cm³/mol. The van der Waals surface area contributed by atoms with Gasteiger partial charge in [0.05, 0.1) is 6.10 Å². The van der Waals surface area contributed by atoms with E-state index in [9.17, 15) is 0 Å². The molecule has 0 saturated carbocycles. The molecule has 5 heteroatoms. The minimum Gasteiger partial charge on any atom is -0.378 e. The van der Waals surface area contributed by atoms with Crippen LogP contribution in [0.25, 0.3) is 0 Å². The second-order valence-corrected chi connectivity index (χ2v) is 2.66. The fraction of sp³-hybridized carbons (Fsp3) is 1.00. The molecule has 0 amide bonds. The minimum atomic E-state index is 0. The molecule has 0 aromatic rings. The van der Waals surface area contributed by atoms with E-state index >= 15 is 0 Å². The van der Waals surface area contributed by atoms with Gasteiger partial charge in [0.15, 0.2) is 0 Å². The highest BCUT2D eigenvalue weighted by atomic mass is 35.5. The van der Waals surface area contributed by atoms with Crippen LogP contribution in [0, 0.1) is 0 Å². The van der Waals surface area contributed by atoms with Gasteiger partial charge in [0.1, 0.15) is 0 Å². The average molecular weight is 203 g/mol. The van der Waals surface area contributed by atoms with Crippen LogP contribution in [0.5, 0.6) is 0 Å². The van der Waals surface area contributed by atoms with Crippen LogP contribution in [0.2, 0.25) is 0 Å². The van der Waals surface area contributed by atoms with Crippen LogP contribution in [-0.4, -0.2) is 44.3 Å². The van der Waals surface area contributed by atoms with Crippen LogP contribution in [0.1, 0.15) is 0 Å². The molecular weight excluding hydrogens is 187 g/mol. The maximum absolute atomic E-state index is 5.71. The van der Waals surface area contributed by atoms with Crippen molar-refractivity contribution in [3.05, 3.63) is 0 Å². The van der Waals surface area contributed by atoms with Crippen LogP contribution in [0.15, 0.2) is 0 Å². The van der Waals surface area contributed by atoms with E-state index in [0.29, 0.717) is 0 Å². The third kappa shape index (κ3) is 3.58. The topological polar surface area (TPSA) is 38.5 Å². The second kappa shape index (κ2) is 6.03. The number of likely N-dealkylation sites (tertiary alicyclic amines) is 1. The van der Waals surface area contributed by atoms with Gasteiger partial charge < -0.3 is 15.4 Å². The van der Waals surface area contributed by atoms with Gasteiger partial charge in [-0.15, -0.1) is 24.8 Å². The predicted octanol–water partition coefficient (Wildman–Crippen LogP) is 0.118. The molecule has 3 nitrogen and oxygen atoms in total. The summed E-state index contributed by atoms with van der Waals surface area (Å²) in [7, 11) is 3.77. The van der Waals surface area contributed by atoms with Crippen molar-refractivity contribution in [1.29, 1.82) is 0 Å². The maximum atomic E-state index is 5.71. The van der Waals surface area contributed by atoms with Crippen LogP contribution in [-0.2, 0) is 4.74 Å². The second-order valence-electron chi connectivity index (χ2n) is 2.66. The molecule has 0 aliphatic carbocycles. The molecule has 0 unspecified atom stereocenters. The molecule has 11 heavy (non-hydrogen) atoms. The number of halogens is 2. The minimum absolute atomic E-state index is 0. The smallest absolute Gasteiger partial charge is 0.0861 e. The lowest BCUT2D eigenvalue weighted by Crippen LogP contribution is -2.34. The molecule has 2 N–H and O–H groups in total. The van der Waals surface area contributed by atoms with Crippen molar-refractivity contribution in [2.75, 3.05) is 27.2 Å². The number of ether oxygens (including phenoxy) is 1. The summed E-state index contributed by atoms with van der Waals surface area (Å²) in [5, 5.41) is 0. The van der Waals surface area contributed by atoms with Crippen LogP contribution < -0.4 is 5.73 Å². The van der Waals surface area contributed by atoms with Crippen LogP contribution in [0.3, 0.4) is 0 Å². The molecule has 1 aliphatic heterocycles. The van der Waals surface area contributed by atoms with Gasteiger partial charge in [-0.1, -0.05) is 0 Å². The van der Waals surface area contributed by atoms with Gasteiger partial charge in [0.25, 0.3) is 0 Å². The normalized spacial score (nSPS) is 30.8. The fourth-order valence-corrected chi connectivity index (χ4v) is 1.24. The molecule has 0 aromatic heterocycles. The van der Waals surface area contributed by atoms with Crippen molar-refractivity contribution in [2.45, 2.75) is 12.1 Å². The molecule has 1 saturated heterocycles. The lowest BCUT2D eigenvalue weighted by atomic mass is 10.2. The highest BCUT2D eigenvalue weighted by molar-refractivity contribution is 5.85. The van der Waals surface area contributed by atoms with Crippen molar-refractivity contribution in [1.82, 2.24) is 4.90 Å². The van der Waals surface area contributed by atoms with Gasteiger partial charge in [0.2, 0.25) is 0 Å². The van der Waals surface area contributed by atoms with Gasteiger partial charge in [-0.05, 0) is 7.05 Å². The number of likely N-dealkylation sites (N-methyl/N-ethyl adjacent to an activating group) is 1. The van der Waals surface area contributed by atoms with Gasteiger partial charge >= 0.3 is 0 Å². The number of hydrogen-bond donors (Lipinski definition) is 1. The Morgan fingerprint density at radius 3 is 2.09 bits per heavy atom. The van der Waals surface area contributed by atoms with Gasteiger partial charge in [-0.25, -0.2) is 0 Å². The lowest BCUT2D eigenvalue weighted by molar-refractivity contribution is 0.100. The third-order valence-electron chi connectivity index (χ3n) is 1.79. The first-order valence-corrected chi connectivity index (χ1v) is 3.21. The zero-order valence-corrected chi connectivity index (χ0v) is 8.45. The van der Waals surface area contributed by atoms with Crippen molar-refractivity contribution < 1.29 is 4.74 Å². The summed E-state index contributed by atoms with van der Waals surface area (Å²) in [6, 6.07) is 0.208. The summed E-state index contributed by atoms with van der Waals surface area (Å²) in [6.45, 7) is 1.93. The van der Waals surface area contributed by atoms with Crippen molar-refractivity contribution >= 4 is 24.8 Å². The molecule has 1 heterocycles. The van der Waals surface area contributed by atoms with E-state index in [1.54, 1.807) is 7.11 Å². The molecule has 0 aromatic carbocycles. The summed E-state index contributed by atoms with van der Waals surface area (Å²) < 4.78 is 5.13. The Morgan fingerprint density at radius 1 is 1.36 bits per heavy atom. The molecular formula is C6H16Cl2N2O. The third-order valence-corrected chi connectivity index (χ3v) is 1.79. The summed E-state index contributed by atoms with van der Waals surface area (Å²) in [4.78, 5) is 2.18. The summed E-state index contributed by atoms with van der Waals surface area (Å²) in [5.41, 5.74) is 5.71. The molecule has 2 atom stereocenters. The zero-order valence-electron chi connectivity index (χ0n) is 6.82. The van der Waals surface area contributed by atoms with Crippen molar-refractivity contribution in [2.24, 2.45) is 5.73 Å². The van der Waals surface area contributed by atoms with E-state index in [1.807, 2.05) is 0 Å². The maximum Gasteiger partial charge on any atom is 0.0861 e. The molecule has 0 spiro atoms. The number of nitrogens with two attached hydrogens (primary N) is 1. The molecule has 1 rings (SSSR count). The van der Waals surface area contributed by atoms with Crippen LogP contribution in [0.4, 0.5) is 0 Å². The first-order valence-electron chi connectivity index (χ1n) is 3.21. The Bertz CT molecular complexity index is 105. The Labute approximate surface area is 80.1 Å². The van der Waals surface area contributed by atoms with E-state index in [1.165, 1.54) is 0 Å². The number of methoxy groups -OCH3 is 1. The highest BCUT2D eigenvalue weighted by Gasteiger charge is 2.26. The summed E-state index contributed by atoms with van der Waals surface area (Å²) in [5.74, 6) is 0. The first-order chi connectivity index (χ1) is 4.24. The average Bonchev–Trinajstić information content (AvgIpc) is 2.10. The van der Waals surface area contributed by atoms with Gasteiger partial charge in [-0.2, -0.15) is 0 Å². The van der Waals surface area contributed by atoms with E-state index < -0.39 is 0 Å². The number of hydrogen-bond acceptors (Lipinski definition) is 3. The quantitative estimate of drug-likeness (QED) is 0.657. The van der Waals surface area contributed by atoms with E-state index in [0.717, 1.165) is 13.1 Å². The van der Waals surface area contributed by atoms with Crippen molar-refractivity contribution in [3.8, 4) is 0 Å². The van der Waals surface area contributed by atoms with E-state index in [-0.39, 0.29) is 37.0 Å². The molecule has 1 aliphatic rings. The highest BCUT2D eigenvalue weighted by Crippen LogP contribution is 2.07. The number of nitrogens with zero attached hydrogens (tertiary/aromatic N) is 1. The molecule has 70 valence electrons. The Morgan fingerprint density at radius 2 is 1.91 bits per heavy atom. The van der Waals surface area contributed by atoms with E-state index in [4.69, 9.17) is 10.5 Å². The zero-order chi connectivity index (χ0) is 6.85.